The summed E-state index contributed by atoms with van der Waals surface area (Å²) in [6.45, 7) is 0. The number of methoxy groups -OCH3 is 1. The Labute approximate surface area is 86.4 Å². The summed E-state index contributed by atoms with van der Waals surface area (Å²) in [7, 11) is -3.59. The summed E-state index contributed by atoms with van der Waals surface area (Å²) in [5.41, 5.74) is 0.280. The van der Waals surface area contributed by atoms with Crippen LogP contribution in [0.5, 0.6) is 11.5 Å². The van der Waals surface area contributed by atoms with E-state index >= 15 is 0 Å². The maximum Gasteiger partial charge on any atom is 0.262 e. The molecule has 1 aromatic carbocycles. The Hall–Kier alpha value is -1.60. The van der Waals surface area contributed by atoms with Crippen LogP contribution in [0.1, 0.15) is 10.4 Å². The molecular weight excluding hydrogens is 224 g/mol. The van der Waals surface area contributed by atoms with Gasteiger partial charge in [0.25, 0.3) is 10.4 Å². The van der Waals surface area contributed by atoms with Gasteiger partial charge in [-0.1, -0.05) is 0 Å². The van der Waals surface area contributed by atoms with E-state index in [1.807, 2.05) is 0 Å². The van der Waals surface area contributed by atoms with Gasteiger partial charge in [0.1, 0.15) is 6.29 Å². The van der Waals surface area contributed by atoms with Crippen LogP contribution in [-0.2, 0) is 10.4 Å². The number of benzene rings is 1. The van der Waals surface area contributed by atoms with Gasteiger partial charge in [-0.05, 0) is 18.2 Å². The van der Waals surface area contributed by atoms with Gasteiger partial charge in [-0.25, -0.2) is 8.42 Å². The van der Waals surface area contributed by atoms with Crippen molar-refractivity contribution in [2.75, 3.05) is 7.11 Å². The van der Waals surface area contributed by atoms with Crippen LogP contribution >= 0.6 is 0 Å². The fourth-order valence-electron chi connectivity index (χ4n) is 0.936. The van der Waals surface area contributed by atoms with E-state index in [4.69, 9.17) is 4.74 Å². The standard InChI is InChI=1S/C8H8O6S/c1-13-8-4-6(5-9)2-3-7(8)14-15(10,11)12/h2-5H,1H3,(H,10,11,12)/p-1. The number of carbonyl (C=O) groups is 1. The van der Waals surface area contributed by atoms with Gasteiger partial charge in [-0.15, -0.1) is 0 Å². The zero-order valence-corrected chi connectivity index (χ0v) is 8.48. The summed E-state index contributed by atoms with van der Waals surface area (Å²) < 4.78 is 39.8. The lowest BCUT2D eigenvalue weighted by Gasteiger charge is -2.12. The topological polar surface area (TPSA) is 92.7 Å². The molecule has 0 atom stereocenters. The molecule has 0 aromatic heterocycles. The number of ether oxygens (including phenoxy) is 1. The Balaban J connectivity index is 3.13. The van der Waals surface area contributed by atoms with Gasteiger partial charge in [0, 0.05) is 5.56 Å². The maximum atomic E-state index is 10.4. The highest BCUT2D eigenvalue weighted by Crippen LogP contribution is 2.28. The molecule has 0 unspecified atom stereocenters. The van der Waals surface area contributed by atoms with E-state index in [-0.39, 0.29) is 17.1 Å². The molecule has 0 amide bonds. The van der Waals surface area contributed by atoms with Gasteiger partial charge < -0.3 is 13.5 Å². The van der Waals surface area contributed by atoms with Crippen LogP contribution in [0, 0.1) is 0 Å². The van der Waals surface area contributed by atoms with Crippen molar-refractivity contribution in [3.8, 4) is 11.5 Å². The minimum Gasteiger partial charge on any atom is -0.716 e. The summed E-state index contributed by atoms with van der Waals surface area (Å²) in [5.74, 6) is -0.253. The van der Waals surface area contributed by atoms with Crippen LogP contribution < -0.4 is 8.92 Å². The summed E-state index contributed by atoms with van der Waals surface area (Å²) in [6, 6.07) is 3.72. The first-order chi connectivity index (χ1) is 6.96. The predicted molar refractivity (Wildman–Crippen MR) is 48.7 cm³/mol. The van der Waals surface area contributed by atoms with E-state index in [9.17, 15) is 17.8 Å². The average molecular weight is 231 g/mol. The lowest BCUT2D eigenvalue weighted by atomic mass is 10.2. The first kappa shape index (κ1) is 11.5. The fourth-order valence-corrected chi connectivity index (χ4v) is 1.29. The summed E-state index contributed by atoms with van der Waals surface area (Å²) in [4.78, 5) is 10.4. The molecule has 0 N–H and O–H groups in total. The number of aldehydes is 1. The summed E-state index contributed by atoms with van der Waals surface area (Å²) in [6.07, 6.45) is 0.554. The normalized spacial score (nSPS) is 10.8. The Bertz CT molecular complexity index is 464. The molecule has 0 radical (unpaired) electrons. The molecule has 15 heavy (non-hydrogen) atoms. The zero-order chi connectivity index (χ0) is 11.5. The van der Waals surface area contributed by atoms with E-state index in [2.05, 4.69) is 4.18 Å². The van der Waals surface area contributed by atoms with Crippen LogP contribution in [-0.4, -0.2) is 26.4 Å². The van der Waals surface area contributed by atoms with Crippen molar-refractivity contribution in [1.82, 2.24) is 0 Å². The van der Waals surface area contributed by atoms with Gasteiger partial charge in [0.05, 0.1) is 7.11 Å². The average Bonchev–Trinajstić information content (AvgIpc) is 2.16. The van der Waals surface area contributed by atoms with Crippen molar-refractivity contribution in [3.63, 3.8) is 0 Å². The van der Waals surface area contributed by atoms with Gasteiger partial charge in [0.15, 0.2) is 11.5 Å². The zero-order valence-electron chi connectivity index (χ0n) is 7.67. The molecule has 0 saturated heterocycles. The molecule has 0 saturated carbocycles. The van der Waals surface area contributed by atoms with Crippen LogP contribution in [0.3, 0.4) is 0 Å². The minimum absolute atomic E-state index is 0.000903. The molecular formula is C8H7O6S-. The van der Waals surface area contributed by atoms with Crippen LogP contribution in [0.2, 0.25) is 0 Å². The quantitative estimate of drug-likeness (QED) is 0.421. The highest BCUT2D eigenvalue weighted by atomic mass is 32.3. The summed E-state index contributed by atoms with van der Waals surface area (Å²) >= 11 is 0. The van der Waals surface area contributed by atoms with Gasteiger partial charge >= 0.3 is 0 Å². The Morgan fingerprint density at radius 1 is 1.33 bits per heavy atom. The molecule has 0 spiro atoms. The fraction of sp³-hybridized carbons (Fsp3) is 0.125. The van der Waals surface area contributed by atoms with Gasteiger partial charge in [0.2, 0.25) is 0 Å². The minimum atomic E-state index is -4.85. The second kappa shape index (κ2) is 4.28. The second-order valence-electron chi connectivity index (χ2n) is 2.52. The molecule has 6 nitrogen and oxygen atoms in total. The SMILES string of the molecule is COc1cc(C=O)ccc1OS(=O)(=O)[O-]. The molecule has 0 aliphatic rings. The first-order valence-corrected chi connectivity index (χ1v) is 5.08. The monoisotopic (exact) mass is 231 g/mol. The molecule has 0 aliphatic heterocycles. The maximum absolute atomic E-state index is 10.4. The van der Waals surface area contributed by atoms with E-state index in [1.54, 1.807) is 0 Å². The van der Waals surface area contributed by atoms with Crippen molar-refractivity contribution in [2.45, 2.75) is 0 Å². The predicted octanol–water partition coefficient (Wildman–Crippen LogP) is 0.347. The largest absolute Gasteiger partial charge is 0.716 e. The number of carbonyl (C=O) groups excluding carboxylic acids is 1. The van der Waals surface area contributed by atoms with Crippen LogP contribution in [0.4, 0.5) is 0 Å². The molecule has 1 aromatic rings. The van der Waals surface area contributed by atoms with E-state index in [1.165, 1.54) is 19.2 Å². The Kier molecular flexibility index (Phi) is 3.28. The first-order valence-electron chi connectivity index (χ1n) is 3.75. The van der Waals surface area contributed by atoms with E-state index in [0.29, 0.717) is 6.29 Å². The third-order valence-electron chi connectivity index (χ3n) is 1.52. The molecule has 0 bridgehead atoms. The molecule has 0 aliphatic carbocycles. The van der Waals surface area contributed by atoms with Crippen molar-refractivity contribution < 1.29 is 26.7 Å². The van der Waals surface area contributed by atoms with Crippen molar-refractivity contribution in [3.05, 3.63) is 23.8 Å². The summed E-state index contributed by atoms with van der Waals surface area (Å²) in [5, 5.41) is 0. The number of hydrogen-bond donors (Lipinski definition) is 0. The third-order valence-corrected chi connectivity index (χ3v) is 1.90. The second-order valence-corrected chi connectivity index (χ2v) is 3.50. The molecule has 82 valence electrons. The molecule has 7 heteroatoms. The third kappa shape index (κ3) is 3.22. The van der Waals surface area contributed by atoms with Gasteiger partial charge in [-0.3, -0.25) is 4.79 Å². The van der Waals surface area contributed by atoms with Crippen LogP contribution in [0.15, 0.2) is 18.2 Å². The smallest absolute Gasteiger partial charge is 0.262 e. The number of hydrogen-bond acceptors (Lipinski definition) is 6. The van der Waals surface area contributed by atoms with Gasteiger partial charge in [-0.2, -0.15) is 0 Å². The van der Waals surface area contributed by atoms with Crippen molar-refractivity contribution in [1.29, 1.82) is 0 Å². The Morgan fingerprint density at radius 3 is 2.47 bits per heavy atom. The van der Waals surface area contributed by atoms with Crippen molar-refractivity contribution in [2.24, 2.45) is 0 Å². The molecule has 0 fully saturated rings. The molecule has 0 heterocycles. The Morgan fingerprint density at radius 2 is 2.00 bits per heavy atom. The van der Waals surface area contributed by atoms with E-state index in [0.717, 1.165) is 6.07 Å². The lowest BCUT2D eigenvalue weighted by molar-refractivity contribution is 0.112. The highest BCUT2D eigenvalue weighted by molar-refractivity contribution is 7.81. The lowest BCUT2D eigenvalue weighted by Crippen LogP contribution is -2.08. The number of rotatable bonds is 4. The van der Waals surface area contributed by atoms with E-state index < -0.39 is 10.4 Å². The molecule has 1 rings (SSSR count). The van der Waals surface area contributed by atoms with Crippen LogP contribution in [0.25, 0.3) is 0 Å². The highest BCUT2D eigenvalue weighted by Gasteiger charge is 2.08. The van der Waals surface area contributed by atoms with Crippen molar-refractivity contribution >= 4 is 16.7 Å².